The number of hydrogen-bond acceptors (Lipinski definition) is 8. The van der Waals surface area contributed by atoms with Crippen LogP contribution < -0.4 is 4.74 Å². The number of aryl methyl sites for hydroxylation is 2. The van der Waals surface area contributed by atoms with Crippen molar-refractivity contribution in [3.05, 3.63) is 46.9 Å². The highest BCUT2D eigenvalue weighted by Gasteiger charge is 2.40. The molecule has 2 saturated heterocycles. The van der Waals surface area contributed by atoms with E-state index in [0.717, 1.165) is 45.4 Å². The van der Waals surface area contributed by atoms with Crippen LogP contribution in [0.25, 0.3) is 0 Å². The number of nitrogens with zero attached hydrogens (tertiary/aromatic N) is 4. The van der Waals surface area contributed by atoms with Gasteiger partial charge in [-0.15, -0.1) is 0 Å². The number of carboxylic acid groups (broad SMARTS) is 1. The summed E-state index contributed by atoms with van der Waals surface area (Å²) in [7, 11) is -2.19. The van der Waals surface area contributed by atoms with Crippen molar-refractivity contribution < 1.29 is 45.4 Å². The zero-order chi connectivity index (χ0) is 34.4. The second-order valence-electron chi connectivity index (χ2n) is 12.4. The number of furan rings is 1. The Morgan fingerprint density at radius 3 is 2.09 bits per heavy atom. The number of amides is 1. The lowest BCUT2D eigenvalue weighted by atomic mass is 10.1. The number of carbonyl (C=O) groups is 2. The van der Waals surface area contributed by atoms with Gasteiger partial charge in [-0.2, -0.15) is 17.5 Å². The quantitative estimate of drug-likeness (QED) is 0.363. The third-order valence-electron chi connectivity index (χ3n) is 8.67. The van der Waals surface area contributed by atoms with Gasteiger partial charge in [-0.1, -0.05) is 0 Å². The molecule has 15 heteroatoms. The average Bonchev–Trinajstić information content (AvgIpc) is 3.58. The number of likely N-dealkylation sites (tertiary alicyclic amines) is 1. The monoisotopic (exact) mass is 686 g/mol. The number of alkyl halides is 3. The third-order valence-corrected chi connectivity index (χ3v) is 10.9. The fourth-order valence-corrected chi connectivity index (χ4v) is 8.23. The summed E-state index contributed by atoms with van der Waals surface area (Å²) in [6.07, 6.45) is 2.83. The molecule has 1 aliphatic carbocycles. The van der Waals surface area contributed by atoms with E-state index >= 15 is 0 Å². The lowest BCUT2D eigenvalue weighted by molar-refractivity contribution is -0.192. The molecule has 47 heavy (non-hydrogen) atoms. The van der Waals surface area contributed by atoms with Crippen LogP contribution in [-0.2, 0) is 21.4 Å². The molecule has 1 aromatic carbocycles. The molecule has 0 atom stereocenters. The van der Waals surface area contributed by atoms with Crippen molar-refractivity contribution in [2.45, 2.75) is 76.0 Å². The van der Waals surface area contributed by atoms with E-state index in [4.69, 9.17) is 19.1 Å². The molecule has 0 radical (unpaired) electrons. The highest BCUT2D eigenvalue weighted by atomic mass is 32.2. The lowest BCUT2D eigenvalue weighted by Crippen LogP contribution is -2.36. The highest BCUT2D eigenvalue weighted by Crippen LogP contribution is 2.37. The van der Waals surface area contributed by atoms with Gasteiger partial charge in [-0.25, -0.2) is 13.2 Å². The molecule has 262 valence electrons. The van der Waals surface area contributed by atoms with E-state index in [1.165, 1.54) is 49.5 Å². The van der Waals surface area contributed by atoms with Gasteiger partial charge in [-0.3, -0.25) is 4.79 Å². The fraction of sp³-hybridized carbons (Fsp3) is 0.625. The molecule has 3 heterocycles. The van der Waals surface area contributed by atoms with Gasteiger partial charge >= 0.3 is 12.1 Å². The van der Waals surface area contributed by atoms with Crippen molar-refractivity contribution in [2.75, 3.05) is 59.5 Å². The van der Waals surface area contributed by atoms with Crippen LogP contribution in [0.5, 0.6) is 5.75 Å². The van der Waals surface area contributed by atoms with Crippen LogP contribution in [0.15, 0.2) is 33.8 Å². The zero-order valence-corrected chi connectivity index (χ0v) is 28.0. The van der Waals surface area contributed by atoms with Gasteiger partial charge in [0.15, 0.2) is 0 Å². The summed E-state index contributed by atoms with van der Waals surface area (Å²) in [6.45, 7) is 11.7. The minimum Gasteiger partial charge on any atom is -0.497 e. The molecule has 3 fully saturated rings. The summed E-state index contributed by atoms with van der Waals surface area (Å²) in [5.41, 5.74) is 1.80. The summed E-state index contributed by atoms with van der Waals surface area (Å²) < 4.78 is 72.0. The number of halogens is 3. The first kappa shape index (κ1) is 36.7. The molecule has 11 nitrogen and oxygen atoms in total. The number of sulfonamides is 1. The van der Waals surface area contributed by atoms with E-state index in [-0.39, 0.29) is 18.5 Å². The van der Waals surface area contributed by atoms with E-state index in [1.807, 2.05) is 4.90 Å². The summed E-state index contributed by atoms with van der Waals surface area (Å²) in [5.74, 6) is -1.68. The number of benzene rings is 1. The topological polar surface area (TPSA) is 124 Å². The molecular weight excluding hydrogens is 641 g/mol. The Labute approximate surface area is 274 Å². The van der Waals surface area contributed by atoms with Crippen LogP contribution in [0.4, 0.5) is 13.2 Å². The molecule has 1 saturated carbocycles. The van der Waals surface area contributed by atoms with Crippen molar-refractivity contribution in [3.63, 3.8) is 0 Å². The number of methoxy groups -OCH3 is 1. The number of hydrogen-bond donors (Lipinski definition) is 1. The number of carboxylic acids is 1. The Hall–Kier alpha value is -3.14. The Bertz CT molecular complexity index is 1460. The van der Waals surface area contributed by atoms with Crippen LogP contribution in [-0.4, -0.2) is 116 Å². The van der Waals surface area contributed by atoms with Crippen molar-refractivity contribution in [3.8, 4) is 5.75 Å². The standard InChI is InChI=1S/C30H44N4O5S.C2HF3O2/c1-23-18-27(38-3)19-24(2)29(23)40(36,37)34(26-8-9-26)21-28-20-25(22-39-28)30(35)33-15-7-14-32(16-17-33)13-6-12-31-10-4-5-11-31;3-2(4,5)1(6)7/h18-20,22,26H,4-17,21H2,1-3H3;(H,6,7). The lowest BCUT2D eigenvalue weighted by Gasteiger charge is -2.23. The van der Waals surface area contributed by atoms with E-state index < -0.39 is 22.2 Å². The Kier molecular flexibility index (Phi) is 12.4. The van der Waals surface area contributed by atoms with Gasteiger partial charge in [0.05, 0.1) is 24.1 Å². The van der Waals surface area contributed by atoms with E-state index in [0.29, 0.717) is 39.6 Å². The van der Waals surface area contributed by atoms with Crippen molar-refractivity contribution in [2.24, 2.45) is 0 Å². The zero-order valence-electron chi connectivity index (χ0n) is 27.2. The average molecular weight is 687 g/mol. The van der Waals surface area contributed by atoms with Crippen molar-refractivity contribution >= 4 is 21.9 Å². The summed E-state index contributed by atoms with van der Waals surface area (Å²) in [5, 5.41) is 7.12. The number of carbonyl (C=O) groups excluding carboxylic acids is 1. The summed E-state index contributed by atoms with van der Waals surface area (Å²) >= 11 is 0. The number of rotatable bonds is 11. The maximum atomic E-state index is 13.8. The first-order valence-electron chi connectivity index (χ1n) is 16.0. The highest BCUT2D eigenvalue weighted by molar-refractivity contribution is 7.89. The molecule has 0 spiro atoms. The molecule has 2 aliphatic heterocycles. The van der Waals surface area contributed by atoms with Gasteiger partial charge in [0.1, 0.15) is 17.8 Å². The molecule has 5 rings (SSSR count). The Balaban J connectivity index is 0.000000644. The first-order chi connectivity index (χ1) is 22.2. The first-order valence-corrected chi connectivity index (χ1v) is 17.4. The smallest absolute Gasteiger partial charge is 0.490 e. The fourth-order valence-electron chi connectivity index (χ4n) is 6.16. The largest absolute Gasteiger partial charge is 0.497 e. The normalized spacial score (nSPS) is 18.1. The molecule has 1 aromatic heterocycles. The van der Waals surface area contributed by atoms with Crippen LogP contribution >= 0.6 is 0 Å². The van der Waals surface area contributed by atoms with Crippen molar-refractivity contribution in [1.29, 1.82) is 0 Å². The molecule has 1 amide bonds. The second-order valence-corrected chi connectivity index (χ2v) is 14.2. The van der Waals surface area contributed by atoms with Crippen LogP contribution in [0.2, 0.25) is 0 Å². The summed E-state index contributed by atoms with van der Waals surface area (Å²) in [6, 6.07) is 5.17. The molecule has 0 bridgehead atoms. The predicted octanol–water partition coefficient (Wildman–Crippen LogP) is 4.53. The summed E-state index contributed by atoms with van der Waals surface area (Å²) in [4.78, 5) is 29.5. The maximum absolute atomic E-state index is 13.8. The minimum atomic E-state index is -5.08. The van der Waals surface area contributed by atoms with Crippen molar-refractivity contribution in [1.82, 2.24) is 19.0 Å². The predicted molar refractivity (Wildman–Crippen MR) is 168 cm³/mol. The van der Waals surface area contributed by atoms with Crippen LogP contribution in [0.1, 0.15) is 65.8 Å². The Morgan fingerprint density at radius 1 is 0.957 bits per heavy atom. The number of ether oxygens (including phenoxy) is 1. The van der Waals surface area contributed by atoms with Gasteiger partial charge in [0, 0.05) is 25.7 Å². The van der Waals surface area contributed by atoms with Crippen LogP contribution in [0.3, 0.4) is 0 Å². The SMILES string of the molecule is COc1cc(C)c(S(=O)(=O)N(Cc2cc(C(=O)N3CCCN(CCCN4CCCC4)CC3)co2)C2CC2)c(C)c1.O=C(O)C(F)(F)F. The molecule has 2 aromatic rings. The van der Waals surface area contributed by atoms with E-state index in [9.17, 15) is 26.4 Å². The van der Waals surface area contributed by atoms with Gasteiger partial charge in [0.25, 0.3) is 5.91 Å². The van der Waals surface area contributed by atoms with Gasteiger partial charge in [0.2, 0.25) is 10.0 Å². The second kappa shape index (κ2) is 15.8. The molecule has 1 N–H and O–H groups in total. The molecular formula is C32H45F3N4O7S. The van der Waals surface area contributed by atoms with Gasteiger partial charge in [-0.05, 0) is 114 Å². The van der Waals surface area contributed by atoms with Crippen LogP contribution in [0, 0.1) is 13.8 Å². The number of aliphatic carboxylic acids is 1. The third kappa shape index (κ3) is 9.94. The van der Waals surface area contributed by atoms with E-state index in [2.05, 4.69) is 9.80 Å². The molecule has 0 unspecified atom stereocenters. The maximum Gasteiger partial charge on any atom is 0.490 e. The van der Waals surface area contributed by atoms with Gasteiger partial charge < -0.3 is 29.0 Å². The minimum absolute atomic E-state index is 0.0448. The van der Waals surface area contributed by atoms with E-state index in [1.54, 1.807) is 39.2 Å². The Morgan fingerprint density at radius 2 is 1.53 bits per heavy atom. The molecule has 3 aliphatic rings.